The average molecular weight is 227 g/mol. The summed E-state index contributed by atoms with van der Waals surface area (Å²) in [6, 6.07) is 0. The SMILES string of the molecule is CC(Sc1nccnc1N)C(C)C(=O)O. The summed E-state index contributed by atoms with van der Waals surface area (Å²) < 4.78 is 0. The first kappa shape index (κ1) is 11.8. The summed E-state index contributed by atoms with van der Waals surface area (Å²) in [5, 5.41) is 9.30. The molecule has 0 saturated heterocycles. The van der Waals surface area contributed by atoms with E-state index in [2.05, 4.69) is 9.97 Å². The van der Waals surface area contributed by atoms with Crippen LogP contribution in [0.15, 0.2) is 17.4 Å². The Labute approximate surface area is 92.1 Å². The molecule has 0 bridgehead atoms. The maximum atomic E-state index is 10.7. The van der Waals surface area contributed by atoms with Crippen LogP contribution in [0, 0.1) is 5.92 Å². The molecule has 15 heavy (non-hydrogen) atoms. The van der Waals surface area contributed by atoms with Gasteiger partial charge in [-0.1, -0.05) is 25.6 Å². The van der Waals surface area contributed by atoms with E-state index in [-0.39, 0.29) is 5.25 Å². The Morgan fingerprint density at radius 1 is 1.47 bits per heavy atom. The Morgan fingerprint density at radius 2 is 2.07 bits per heavy atom. The number of anilines is 1. The molecule has 0 fully saturated rings. The Balaban J connectivity index is 2.70. The molecule has 0 aliphatic carbocycles. The monoisotopic (exact) mass is 227 g/mol. The minimum atomic E-state index is -0.822. The maximum Gasteiger partial charge on any atom is 0.307 e. The van der Waals surface area contributed by atoms with Gasteiger partial charge >= 0.3 is 5.97 Å². The van der Waals surface area contributed by atoms with Gasteiger partial charge in [-0.25, -0.2) is 9.97 Å². The summed E-state index contributed by atoms with van der Waals surface area (Å²) in [6.07, 6.45) is 3.04. The molecule has 1 aromatic heterocycles. The van der Waals surface area contributed by atoms with Crippen molar-refractivity contribution >= 4 is 23.5 Å². The Hall–Kier alpha value is -1.30. The van der Waals surface area contributed by atoms with Gasteiger partial charge in [0.15, 0.2) is 5.82 Å². The van der Waals surface area contributed by atoms with Crippen LogP contribution >= 0.6 is 11.8 Å². The van der Waals surface area contributed by atoms with Crippen molar-refractivity contribution < 1.29 is 9.90 Å². The van der Waals surface area contributed by atoms with Gasteiger partial charge < -0.3 is 10.8 Å². The number of nitrogen functional groups attached to an aromatic ring is 1. The molecule has 82 valence electrons. The molecular weight excluding hydrogens is 214 g/mol. The number of nitrogens with zero attached hydrogens (tertiary/aromatic N) is 2. The van der Waals surface area contributed by atoms with Gasteiger partial charge in [-0.05, 0) is 0 Å². The second-order valence-corrected chi connectivity index (χ2v) is 4.56. The third kappa shape index (κ3) is 3.09. The number of thioether (sulfide) groups is 1. The molecule has 2 atom stereocenters. The smallest absolute Gasteiger partial charge is 0.307 e. The lowest BCUT2D eigenvalue weighted by atomic mass is 10.1. The van der Waals surface area contributed by atoms with E-state index in [4.69, 9.17) is 10.8 Å². The van der Waals surface area contributed by atoms with Gasteiger partial charge in [0.05, 0.1) is 5.92 Å². The lowest BCUT2D eigenvalue weighted by molar-refractivity contribution is -0.140. The number of rotatable bonds is 4. The molecule has 0 amide bonds. The number of aromatic nitrogens is 2. The quantitative estimate of drug-likeness (QED) is 0.753. The molecule has 0 saturated carbocycles. The second kappa shape index (κ2) is 4.97. The van der Waals surface area contributed by atoms with Crippen molar-refractivity contribution in [2.45, 2.75) is 24.1 Å². The second-order valence-electron chi connectivity index (χ2n) is 3.20. The first-order chi connectivity index (χ1) is 7.02. The van der Waals surface area contributed by atoms with Crippen molar-refractivity contribution in [2.24, 2.45) is 5.92 Å². The molecule has 0 aliphatic heterocycles. The van der Waals surface area contributed by atoms with Crippen LogP contribution < -0.4 is 5.73 Å². The predicted molar refractivity (Wildman–Crippen MR) is 58.6 cm³/mol. The van der Waals surface area contributed by atoms with Crippen molar-refractivity contribution in [3.63, 3.8) is 0 Å². The van der Waals surface area contributed by atoms with Gasteiger partial charge in [0.2, 0.25) is 0 Å². The predicted octanol–water partition coefficient (Wildman–Crippen LogP) is 1.26. The number of carbonyl (C=O) groups is 1. The topological polar surface area (TPSA) is 89.1 Å². The Bertz CT molecular complexity index is 359. The molecule has 3 N–H and O–H groups in total. The van der Waals surface area contributed by atoms with Crippen molar-refractivity contribution in [2.75, 3.05) is 5.73 Å². The zero-order valence-electron chi connectivity index (χ0n) is 8.54. The largest absolute Gasteiger partial charge is 0.481 e. The Morgan fingerprint density at radius 3 is 2.60 bits per heavy atom. The fourth-order valence-corrected chi connectivity index (χ4v) is 1.87. The number of nitrogens with two attached hydrogens (primary N) is 1. The van der Waals surface area contributed by atoms with Crippen LogP contribution in [0.4, 0.5) is 5.82 Å². The molecule has 5 nitrogen and oxygen atoms in total. The maximum absolute atomic E-state index is 10.7. The highest BCUT2D eigenvalue weighted by Crippen LogP contribution is 2.28. The summed E-state index contributed by atoms with van der Waals surface area (Å²) in [5.74, 6) is -0.930. The lowest BCUT2D eigenvalue weighted by Crippen LogP contribution is -2.20. The number of carboxylic acid groups (broad SMARTS) is 1. The molecule has 1 aromatic rings. The van der Waals surface area contributed by atoms with Gasteiger partial charge in [-0.15, -0.1) is 0 Å². The third-order valence-corrected chi connectivity index (χ3v) is 3.40. The minimum absolute atomic E-state index is 0.0958. The summed E-state index contributed by atoms with van der Waals surface area (Å²) in [5.41, 5.74) is 5.60. The van der Waals surface area contributed by atoms with E-state index in [0.29, 0.717) is 10.8 Å². The van der Waals surface area contributed by atoms with Crippen LogP contribution in [0.1, 0.15) is 13.8 Å². The normalized spacial score (nSPS) is 14.5. The number of hydrogen-bond acceptors (Lipinski definition) is 5. The van der Waals surface area contributed by atoms with Gasteiger partial charge in [-0.2, -0.15) is 0 Å². The molecule has 0 spiro atoms. The van der Waals surface area contributed by atoms with E-state index in [1.165, 1.54) is 24.2 Å². The van der Waals surface area contributed by atoms with Crippen LogP contribution in [0.2, 0.25) is 0 Å². The lowest BCUT2D eigenvalue weighted by Gasteiger charge is -2.14. The first-order valence-corrected chi connectivity index (χ1v) is 5.36. The van der Waals surface area contributed by atoms with Crippen LogP contribution in [0.3, 0.4) is 0 Å². The highest BCUT2D eigenvalue weighted by atomic mass is 32.2. The zero-order valence-corrected chi connectivity index (χ0v) is 9.36. The number of aliphatic carboxylic acids is 1. The van der Waals surface area contributed by atoms with Gasteiger partial charge in [-0.3, -0.25) is 4.79 Å². The molecule has 6 heteroatoms. The molecular formula is C9H13N3O2S. The average Bonchev–Trinajstić information content (AvgIpc) is 2.20. The van der Waals surface area contributed by atoms with Crippen LogP contribution in [0.5, 0.6) is 0 Å². The molecule has 1 heterocycles. The van der Waals surface area contributed by atoms with E-state index in [9.17, 15) is 4.79 Å². The highest BCUT2D eigenvalue weighted by Gasteiger charge is 2.21. The van der Waals surface area contributed by atoms with Crippen molar-refractivity contribution in [1.29, 1.82) is 0 Å². The highest BCUT2D eigenvalue weighted by molar-refractivity contribution is 8.00. The van der Waals surface area contributed by atoms with Crippen molar-refractivity contribution in [1.82, 2.24) is 9.97 Å². The van der Waals surface area contributed by atoms with E-state index in [0.717, 1.165) is 0 Å². The molecule has 0 aromatic carbocycles. The van der Waals surface area contributed by atoms with Gasteiger partial charge in [0, 0.05) is 17.6 Å². The molecule has 2 unspecified atom stereocenters. The summed E-state index contributed by atoms with van der Waals surface area (Å²) >= 11 is 1.33. The fraction of sp³-hybridized carbons (Fsp3) is 0.444. The standard InChI is InChI=1S/C9H13N3O2S/c1-5(9(13)14)6(2)15-8-7(10)11-3-4-12-8/h3-6H,1-2H3,(H2,10,11)(H,13,14). The van der Waals surface area contributed by atoms with Gasteiger partial charge in [0.1, 0.15) is 5.03 Å². The van der Waals surface area contributed by atoms with E-state index in [1.807, 2.05) is 6.92 Å². The molecule has 0 radical (unpaired) electrons. The first-order valence-electron chi connectivity index (χ1n) is 4.48. The fourth-order valence-electron chi connectivity index (χ4n) is 0.906. The van der Waals surface area contributed by atoms with E-state index < -0.39 is 11.9 Å². The summed E-state index contributed by atoms with van der Waals surface area (Å²) in [4.78, 5) is 18.7. The van der Waals surface area contributed by atoms with Crippen molar-refractivity contribution in [3.8, 4) is 0 Å². The van der Waals surface area contributed by atoms with Crippen LogP contribution in [-0.4, -0.2) is 26.3 Å². The summed E-state index contributed by atoms with van der Waals surface area (Å²) in [7, 11) is 0. The molecule has 0 aliphatic rings. The minimum Gasteiger partial charge on any atom is -0.481 e. The van der Waals surface area contributed by atoms with Gasteiger partial charge in [0.25, 0.3) is 0 Å². The van der Waals surface area contributed by atoms with E-state index in [1.54, 1.807) is 6.92 Å². The van der Waals surface area contributed by atoms with Crippen molar-refractivity contribution in [3.05, 3.63) is 12.4 Å². The number of carboxylic acids is 1. The summed E-state index contributed by atoms with van der Waals surface area (Å²) in [6.45, 7) is 3.49. The third-order valence-electron chi connectivity index (χ3n) is 2.08. The number of hydrogen-bond donors (Lipinski definition) is 2. The Kier molecular flexibility index (Phi) is 3.90. The van der Waals surface area contributed by atoms with Crippen LogP contribution in [0.25, 0.3) is 0 Å². The van der Waals surface area contributed by atoms with Crippen LogP contribution in [-0.2, 0) is 4.79 Å². The molecule has 1 rings (SSSR count). The van der Waals surface area contributed by atoms with E-state index >= 15 is 0 Å². The zero-order chi connectivity index (χ0) is 11.4.